The average molecular weight is 385 g/mol. The fourth-order valence-corrected chi connectivity index (χ4v) is 4.52. The fraction of sp³-hybridized carbons (Fsp3) is 0.833. The minimum Gasteiger partial charge on any atom is -0.339 e. The number of piperidine rings is 2. The zero-order chi connectivity index (χ0) is 19.6. The topological polar surface area (TPSA) is 85.1 Å². The highest BCUT2D eigenvalue weighted by Crippen LogP contribution is 2.34. The van der Waals surface area contributed by atoms with Gasteiger partial charge in [-0.2, -0.15) is 5.10 Å². The van der Waals surface area contributed by atoms with Gasteiger partial charge >= 0.3 is 5.69 Å². The first-order chi connectivity index (χ1) is 12.7. The number of carbonyl (C=O) groups is 1. The molecule has 0 spiro atoms. The molecule has 3 heterocycles. The zero-order valence-electron chi connectivity index (χ0n) is 16.0. The number of halogens is 2. The zero-order valence-corrected chi connectivity index (χ0v) is 16.0. The third-order valence-corrected chi connectivity index (χ3v) is 5.73. The quantitative estimate of drug-likeness (QED) is 0.784. The number of fused-ring (bicyclic) bond motifs is 1. The Hall–Kier alpha value is -1.77. The van der Waals surface area contributed by atoms with Crippen LogP contribution in [0.1, 0.15) is 51.8 Å². The summed E-state index contributed by atoms with van der Waals surface area (Å²) >= 11 is 0. The summed E-state index contributed by atoms with van der Waals surface area (Å²) in [4.78, 5) is 30.9. The van der Waals surface area contributed by atoms with Crippen LogP contribution in [0.25, 0.3) is 0 Å². The van der Waals surface area contributed by atoms with Crippen molar-refractivity contribution >= 4 is 5.91 Å². The summed E-state index contributed by atoms with van der Waals surface area (Å²) in [6.07, 6.45) is 0.381. The Bertz CT molecular complexity index is 702. The Morgan fingerprint density at radius 2 is 2.11 bits per heavy atom. The van der Waals surface area contributed by atoms with Crippen molar-refractivity contribution in [3.63, 3.8) is 0 Å². The number of carbonyl (C=O) groups excluding carboxylic acids is 1. The van der Waals surface area contributed by atoms with Crippen molar-refractivity contribution in [2.75, 3.05) is 19.6 Å². The molecule has 2 atom stereocenters. The molecule has 2 unspecified atom stereocenters. The van der Waals surface area contributed by atoms with Gasteiger partial charge in [-0.1, -0.05) is 13.8 Å². The molecule has 2 N–H and O–H groups in total. The van der Waals surface area contributed by atoms with Gasteiger partial charge in [-0.3, -0.25) is 14.7 Å². The molecule has 27 heavy (non-hydrogen) atoms. The third kappa shape index (κ3) is 5.15. The summed E-state index contributed by atoms with van der Waals surface area (Å²) in [6.45, 7) is 6.45. The number of aromatic nitrogens is 3. The first kappa shape index (κ1) is 20.0. The Balaban J connectivity index is 1.59. The van der Waals surface area contributed by atoms with E-state index in [-0.39, 0.29) is 30.5 Å². The number of nitrogens with one attached hydrogen (secondary N) is 2. The second-order valence-electron chi connectivity index (χ2n) is 8.64. The summed E-state index contributed by atoms with van der Waals surface area (Å²) in [7, 11) is 0. The number of amides is 1. The molecular formula is C18H29F2N5O2. The molecule has 1 amide bonds. The number of alkyl halides is 2. The van der Waals surface area contributed by atoms with E-state index in [2.05, 4.69) is 20.1 Å². The molecule has 2 fully saturated rings. The van der Waals surface area contributed by atoms with Crippen LogP contribution < -0.4 is 5.69 Å². The Morgan fingerprint density at radius 1 is 1.33 bits per heavy atom. The largest absolute Gasteiger partial charge is 0.340 e. The fourth-order valence-electron chi connectivity index (χ4n) is 4.52. The van der Waals surface area contributed by atoms with E-state index in [0.717, 1.165) is 38.9 Å². The summed E-state index contributed by atoms with van der Waals surface area (Å²) in [5.74, 6) is 0.997. The molecular weight excluding hydrogens is 356 g/mol. The molecule has 1 aromatic heterocycles. The molecule has 2 saturated heterocycles. The normalized spacial score (nSPS) is 24.3. The van der Waals surface area contributed by atoms with Gasteiger partial charge in [0.05, 0.1) is 6.54 Å². The molecule has 0 aromatic carbocycles. The lowest BCUT2D eigenvalue weighted by Crippen LogP contribution is -2.56. The summed E-state index contributed by atoms with van der Waals surface area (Å²) < 4.78 is 25.5. The second kappa shape index (κ2) is 8.08. The van der Waals surface area contributed by atoms with Crippen molar-refractivity contribution in [2.45, 2.75) is 65.0 Å². The predicted octanol–water partition coefficient (Wildman–Crippen LogP) is 1.98. The molecule has 1 aromatic rings. The van der Waals surface area contributed by atoms with Crippen molar-refractivity contribution in [3.8, 4) is 0 Å². The average Bonchev–Trinajstić information content (AvgIpc) is 2.97. The van der Waals surface area contributed by atoms with Gasteiger partial charge in [0.2, 0.25) is 12.3 Å². The lowest BCUT2D eigenvalue weighted by atomic mass is 9.81. The highest BCUT2D eigenvalue weighted by Gasteiger charge is 2.39. The lowest BCUT2D eigenvalue weighted by Gasteiger charge is -2.47. The van der Waals surface area contributed by atoms with Crippen LogP contribution in [0.15, 0.2) is 4.79 Å². The summed E-state index contributed by atoms with van der Waals surface area (Å²) in [5.41, 5.74) is -0.995. The van der Waals surface area contributed by atoms with Crippen molar-refractivity contribution in [2.24, 2.45) is 11.3 Å². The number of hydrogen-bond donors (Lipinski definition) is 2. The van der Waals surface area contributed by atoms with Crippen molar-refractivity contribution in [1.29, 1.82) is 0 Å². The predicted molar refractivity (Wildman–Crippen MR) is 96.3 cm³/mol. The molecule has 0 radical (unpaired) electrons. The van der Waals surface area contributed by atoms with E-state index in [0.29, 0.717) is 18.3 Å². The highest BCUT2D eigenvalue weighted by atomic mass is 19.3. The maximum absolute atomic E-state index is 12.8. The van der Waals surface area contributed by atoms with Gasteiger partial charge in [-0.15, -0.1) is 0 Å². The first-order valence-corrected chi connectivity index (χ1v) is 9.67. The van der Waals surface area contributed by atoms with E-state index < -0.39 is 11.8 Å². The molecule has 152 valence electrons. The Morgan fingerprint density at radius 3 is 2.78 bits per heavy atom. The minimum atomic E-state index is -2.39. The molecule has 3 rings (SSSR count). The number of hydrogen-bond acceptors (Lipinski definition) is 4. The molecule has 9 heteroatoms. The maximum Gasteiger partial charge on any atom is 0.340 e. The van der Waals surface area contributed by atoms with Crippen LogP contribution in [-0.2, 0) is 11.3 Å². The van der Waals surface area contributed by atoms with E-state index in [4.69, 9.17) is 0 Å². The third-order valence-electron chi connectivity index (χ3n) is 5.73. The van der Waals surface area contributed by atoms with E-state index in [1.807, 2.05) is 4.90 Å². The van der Waals surface area contributed by atoms with Crippen LogP contribution in [0.2, 0.25) is 0 Å². The van der Waals surface area contributed by atoms with Gasteiger partial charge in [0.1, 0.15) is 5.82 Å². The number of likely N-dealkylation sites (tertiary alicyclic amines) is 2. The summed E-state index contributed by atoms with van der Waals surface area (Å²) in [6, 6.07) is 0.183. The molecule has 0 aliphatic carbocycles. The number of rotatable bonds is 6. The first-order valence-electron chi connectivity index (χ1n) is 9.67. The molecule has 7 nitrogen and oxygen atoms in total. The maximum atomic E-state index is 12.8. The number of nitrogens with zero attached hydrogens (tertiary/aromatic N) is 3. The lowest BCUT2D eigenvalue weighted by molar-refractivity contribution is -0.141. The Labute approximate surface area is 157 Å². The van der Waals surface area contributed by atoms with Crippen LogP contribution >= 0.6 is 0 Å². The minimum absolute atomic E-state index is 0.000399. The number of H-pyrrole nitrogens is 2. The van der Waals surface area contributed by atoms with E-state index in [9.17, 15) is 18.4 Å². The molecule has 2 aliphatic rings. The van der Waals surface area contributed by atoms with Gasteiger partial charge in [-0.05, 0) is 30.6 Å². The van der Waals surface area contributed by atoms with E-state index in [1.165, 1.54) is 0 Å². The van der Waals surface area contributed by atoms with Crippen molar-refractivity contribution in [3.05, 3.63) is 16.3 Å². The summed E-state index contributed by atoms with van der Waals surface area (Å²) in [5, 5.41) is 6.34. The SMILES string of the molecule is CC(C)(CC(=O)N1CCCC2CN(Cc3n[nH]c(=O)[nH]3)CCC21)CC(F)F. The van der Waals surface area contributed by atoms with E-state index >= 15 is 0 Å². The molecule has 2 aliphatic heterocycles. The number of aromatic amines is 2. The van der Waals surface area contributed by atoms with Crippen LogP contribution in [0.5, 0.6) is 0 Å². The van der Waals surface area contributed by atoms with Crippen LogP contribution in [0.4, 0.5) is 8.78 Å². The highest BCUT2D eigenvalue weighted by molar-refractivity contribution is 5.77. The van der Waals surface area contributed by atoms with Crippen molar-refractivity contribution in [1.82, 2.24) is 25.0 Å². The Kier molecular flexibility index (Phi) is 5.98. The molecule has 0 saturated carbocycles. The van der Waals surface area contributed by atoms with Gasteiger partial charge in [0, 0.05) is 38.5 Å². The van der Waals surface area contributed by atoms with E-state index in [1.54, 1.807) is 13.8 Å². The van der Waals surface area contributed by atoms with Gasteiger partial charge in [-0.25, -0.2) is 18.7 Å². The second-order valence-corrected chi connectivity index (χ2v) is 8.64. The van der Waals surface area contributed by atoms with Gasteiger partial charge < -0.3 is 4.90 Å². The van der Waals surface area contributed by atoms with Gasteiger partial charge in [0.15, 0.2) is 0 Å². The standard InChI is InChI=1S/C18H29F2N5O2/c1-18(2,8-14(19)20)9-16(26)25-6-3-4-12-10-24(7-5-13(12)25)11-15-21-17(27)23-22-15/h12-14H,3-11H2,1-2H3,(H2,21,22,23,27). The smallest absolute Gasteiger partial charge is 0.339 e. The van der Waals surface area contributed by atoms with Crippen LogP contribution in [0, 0.1) is 11.3 Å². The monoisotopic (exact) mass is 385 g/mol. The van der Waals surface area contributed by atoms with Crippen molar-refractivity contribution < 1.29 is 13.6 Å². The molecule has 0 bridgehead atoms. The van der Waals surface area contributed by atoms with Crippen LogP contribution in [-0.4, -0.2) is 63.0 Å². The van der Waals surface area contributed by atoms with Gasteiger partial charge in [0.25, 0.3) is 0 Å². The van der Waals surface area contributed by atoms with Crippen LogP contribution in [0.3, 0.4) is 0 Å².